The van der Waals surface area contributed by atoms with Gasteiger partial charge >= 0.3 is 5.97 Å². The van der Waals surface area contributed by atoms with E-state index in [1.807, 2.05) is 6.92 Å². The Bertz CT molecular complexity index is 1130. The molecule has 1 aliphatic rings. The molecule has 1 saturated heterocycles. The average Bonchev–Trinajstić information content (AvgIpc) is 3.40. The number of nitrogens with one attached hydrogen (secondary N) is 1. The van der Waals surface area contributed by atoms with E-state index in [4.69, 9.17) is 4.74 Å². The summed E-state index contributed by atoms with van der Waals surface area (Å²) in [4.78, 5) is 37.9. The second-order valence-corrected chi connectivity index (χ2v) is 10.1. The molecule has 0 radical (unpaired) electrons. The lowest BCUT2D eigenvalue weighted by Gasteiger charge is -2.16. The van der Waals surface area contributed by atoms with Crippen LogP contribution in [-0.4, -0.2) is 48.9 Å². The molecule has 3 rings (SSSR count). The number of anilines is 1. The van der Waals surface area contributed by atoms with Crippen molar-refractivity contribution in [3.8, 4) is 0 Å². The van der Waals surface area contributed by atoms with Gasteiger partial charge < -0.3 is 14.6 Å². The number of carbonyl (C=O) groups excluding carboxylic acids is 2. The smallest absolute Gasteiger partial charge is 0.341 e. The zero-order valence-electron chi connectivity index (χ0n) is 17.4. The van der Waals surface area contributed by atoms with E-state index in [0.717, 1.165) is 28.4 Å². The van der Waals surface area contributed by atoms with E-state index in [2.05, 4.69) is 5.32 Å². The van der Waals surface area contributed by atoms with Gasteiger partial charge in [-0.2, -0.15) is 4.31 Å². The number of carbonyl (C=O) groups is 2. The summed E-state index contributed by atoms with van der Waals surface area (Å²) in [5.41, 5.74) is -0.240. The molecule has 0 aliphatic carbocycles. The van der Waals surface area contributed by atoms with Crippen LogP contribution in [0.5, 0.6) is 0 Å². The molecule has 3 heterocycles. The number of sulfonamides is 1. The third kappa shape index (κ3) is 5.23. The molecule has 1 aliphatic heterocycles. The lowest BCUT2D eigenvalue weighted by molar-refractivity contribution is -0.116. The van der Waals surface area contributed by atoms with Crippen LogP contribution in [0.4, 0.5) is 5.00 Å². The van der Waals surface area contributed by atoms with Gasteiger partial charge in [-0.05, 0) is 38.3 Å². The van der Waals surface area contributed by atoms with Crippen molar-refractivity contribution in [1.82, 2.24) is 8.87 Å². The fourth-order valence-electron chi connectivity index (χ4n) is 3.25. The molecule has 0 aromatic carbocycles. The summed E-state index contributed by atoms with van der Waals surface area (Å²) in [7, 11) is -3.71. The fraction of sp³-hybridized carbons (Fsp3) is 0.450. The van der Waals surface area contributed by atoms with Crippen LogP contribution in [0.2, 0.25) is 0 Å². The summed E-state index contributed by atoms with van der Waals surface area (Å²) in [6.45, 7) is 4.32. The first-order valence-corrected chi connectivity index (χ1v) is 12.3. The normalized spacial score (nSPS) is 14.5. The molecule has 11 heteroatoms. The lowest BCUT2D eigenvalue weighted by atomic mass is 10.2. The minimum atomic E-state index is -3.71. The molecule has 1 N–H and O–H groups in total. The quantitative estimate of drug-likeness (QED) is 0.595. The number of aromatic nitrogens is 1. The topological polar surface area (TPSA) is 115 Å². The van der Waals surface area contributed by atoms with Crippen LogP contribution in [0, 0.1) is 0 Å². The molecule has 2 aromatic heterocycles. The van der Waals surface area contributed by atoms with E-state index >= 15 is 0 Å². The molecule has 0 atom stereocenters. The van der Waals surface area contributed by atoms with Crippen molar-refractivity contribution >= 4 is 38.2 Å². The van der Waals surface area contributed by atoms with E-state index in [-0.39, 0.29) is 23.6 Å². The van der Waals surface area contributed by atoms with E-state index in [1.54, 1.807) is 13.0 Å². The maximum atomic E-state index is 12.8. The molecule has 168 valence electrons. The molecule has 0 spiro atoms. The highest BCUT2D eigenvalue weighted by atomic mass is 32.2. The van der Waals surface area contributed by atoms with Gasteiger partial charge in [0.25, 0.3) is 5.56 Å². The Kier molecular flexibility index (Phi) is 7.29. The summed E-state index contributed by atoms with van der Waals surface area (Å²) in [5.74, 6) is -1.09. The highest BCUT2D eigenvalue weighted by Crippen LogP contribution is 2.29. The van der Waals surface area contributed by atoms with Crippen molar-refractivity contribution in [2.75, 3.05) is 25.0 Å². The molecule has 9 nitrogen and oxygen atoms in total. The molecule has 0 bridgehead atoms. The van der Waals surface area contributed by atoms with E-state index in [0.29, 0.717) is 24.5 Å². The predicted octanol–water partition coefficient (Wildman–Crippen LogP) is 2.07. The monoisotopic (exact) mass is 467 g/mol. The summed E-state index contributed by atoms with van der Waals surface area (Å²) >= 11 is 1.26. The van der Waals surface area contributed by atoms with Crippen LogP contribution in [0.3, 0.4) is 0 Å². The maximum Gasteiger partial charge on any atom is 0.341 e. The fourth-order valence-corrected chi connectivity index (χ4v) is 5.79. The number of amides is 1. The average molecular weight is 468 g/mol. The van der Waals surface area contributed by atoms with Crippen molar-refractivity contribution in [1.29, 1.82) is 0 Å². The number of hydrogen-bond acceptors (Lipinski definition) is 7. The molecular weight excluding hydrogens is 442 g/mol. The Morgan fingerprint density at radius 2 is 1.90 bits per heavy atom. The molecule has 0 saturated carbocycles. The number of esters is 1. The highest BCUT2D eigenvalue weighted by molar-refractivity contribution is 7.89. The van der Waals surface area contributed by atoms with Crippen LogP contribution >= 0.6 is 11.3 Å². The number of rotatable bonds is 8. The van der Waals surface area contributed by atoms with Gasteiger partial charge in [0, 0.05) is 30.2 Å². The van der Waals surface area contributed by atoms with Gasteiger partial charge in [0.15, 0.2) is 0 Å². The van der Waals surface area contributed by atoms with Crippen LogP contribution in [0.15, 0.2) is 34.1 Å². The third-order valence-corrected chi connectivity index (χ3v) is 7.93. The molecule has 31 heavy (non-hydrogen) atoms. The van der Waals surface area contributed by atoms with Gasteiger partial charge in [-0.1, -0.05) is 6.92 Å². The first-order chi connectivity index (χ1) is 14.8. The molecule has 2 aromatic rings. The maximum absolute atomic E-state index is 12.8. The Morgan fingerprint density at radius 3 is 2.55 bits per heavy atom. The number of pyridine rings is 1. The van der Waals surface area contributed by atoms with Crippen molar-refractivity contribution in [2.45, 2.75) is 44.6 Å². The Morgan fingerprint density at radius 1 is 1.19 bits per heavy atom. The molecule has 1 amide bonds. The SMILES string of the molecule is CCOC(=O)c1cc(CC)sc1NC(=O)Cn1cc(S(=O)(=O)N2CCCC2)ccc1=O. The number of hydrogen-bond donors (Lipinski definition) is 1. The van der Waals surface area contributed by atoms with Gasteiger partial charge in [0.2, 0.25) is 15.9 Å². The number of thiophene rings is 1. The highest BCUT2D eigenvalue weighted by Gasteiger charge is 2.28. The second kappa shape index (κ2) is 9.75. The number of nitrogens with zero attached hydrogens (tertiary/aromatic N) is 2. The van der Waals surface area contributed by atoms with Crippen molar-refractivity contribution in [2.24, 2.45) is 0 Å². The summed E-state index contributed by atoms with van der Waals surface area (Å²) in [6, 6.07) is 4.07. The zero-order chi connectivity index (χ0) is 22.6. The molecule has 1 fully saturated rings. The van der Waals surface area contributed by atoms with Crippen LogP contribution < -0.4 is 10.9 Å². The van der Waals surface area contributed by atoms with E-state index < -0.39 is 27.5 Å². The minimum Gasteiger partial charge on any atom is -0.462 e. The minimum absolute atomic E-state index is 0.0293. The van der Waals surface area contributed by atoms with Crippen molar-refractivity contribution in [3.63, 3.8) is 0 Å². The van der Waals surface area contributed by atoms with Crippen LogP contribution in [0.1, 0.15) is 41.9 Å². The molecular formula is C20H25N3O6S2. The van der Waals surface area contributed by atoms with Crippen LogP contribution in [-0.2, 0) is 32.5 Å². The van der Waals surface area contributed by atoms with E-state index in [9.17, 15) is 22.8 Å². The zero-order valence-corrected chi connectivity index (χ0v) is 19.1. The van der Waals surface area contributed by atoms with Crippen LogP contribution in [0.25, 0.3) is 0 Å². The van der Waals surface area contributed by atoms with Gasteiger partial charge in [-0.25, -0.2) is 13.2 Å². The second-order valence-electron chi connectivity index (χ2n) is 7.02. The standard InChI is InChI=1S/C20H25N3O6S2/c1-3-14-11-16(20(26)29-4-2)19(30-14)21-17(24)13-22-12-15(7-8-18(22)25)31(27,28)23-9-5-6-10-23/h7-8,11-12H,3-6,9-10,13H2,1-2H3,(H,21,24). The lowest BCUT2D eigenvalue weighted by Crippen LogP contribution is -2.31. The number of aryl methyl sites for hydroxylation is 1. The van der Waals surface area contributed by atoms with Gasteiger partial charge in [-0.15, -0.1) is 11.3 Å². The Balaban J connectivity index is 1.81. The van der Waals surface area contributed by atoms with Crippen molar-refractivity contribution in [3.05, 3.63) is 45.2 Å². The van der Waals surface area contributed by atoms with Gasteiger partial charge in [0.1, 0.15) is 11.5 Å². The largest absolute Gasteiger partial charge is 0.462 e. The summed E-state index contributed by atoms with van der Waals surface area (Å²) < 4.78 is 33.0. The molecule has 0 unspecified atom stereocenters. The van der Waals surface area contributed by atoms with Gasteiger partial charge in [0.05, 0.1) is 17.1 Å². The summed E-state index contributed by atoms with van der Waals surface area (Å²) in [5, 5.41) is 2.99. The first kappa shape index (κ1) is 23.2. The Hall–Kier alpha value is -2.50. The number of ether oxygens (including phenoxy) is 1. The van der Waals surface area contributed by atoms with Gasteiger partial charge in [-0.3, -0.25) is 9.59 Å². The van der Waals surface area contributed by atoms with E-state index in [1.165, 1.54) is 27.9 Å². The third-order valence-electron chi connectivity index (χ3n) is 4.85. The summed E-state index contributed by atoms with van der Waals surface area (Å²) in [6.07, 6.45) is 3.46. The Labute approximate surface area is 184 Å². The predicted molar refractivity (Wildman–Crippen MR) is 117 cm³/mol. The first-order valence-electron chi connectivity index (χ1n) is 10.1. The van der Waals surface area contributed by atoms with Crippen molar-refractivity contribution < 1.29 is 22.7 Å².